The maximum Gasteiger partial charge on any atom is 0.306 e. The summed E-state index contributed by atoms with van der Waals surface area (Å²) in [7, 11) is 1.31. The van der Waals surface area contributed by atoms with Crippen LogP contribution in [0.1, 0.15) is 12.8 Å². The number of nitrogens with one attached hydrogen (secondary N) is 1. The summed E-state index contributed by atoms with van der Waals surface area (Å²) in [5.74, 6) is -0.607. The third-order valence-electron chi connectivity index (χ3n) is 3.49. The highest BCUT2D eigenvalue weighted by Gasteiger charge is 2.08. The topological polar surface area (TPSA) is 68.3 Å². The van der Waals surface area contributed by atoms with E-state index in [1.54, 1.807) is 11.3 Å². The SMILES string of the molecule is COC(=O)CCC(=O)Nc1ccc(-c2nc3ccccc3s2)cc1. The molecule has 3 rings (SSSR count). The third kappa shape index (κ3) is 3.78. The van der Waals surface area contributed by atoms with Crippen molar-refractivity contribution in [1.82, 2.24) is 4.98 Å². The van der Waals surface area contributed by atoms with E-state index in [0.717, 1.165) is 20.8 Å². The first-order valence-corrected chi connectivity index (χ1v) is 8.30. The first kappa shape index (κ1) is 16.1. The number of carbonyl (C=O) groups is 2. The largest absolute Gasteiger partial charge is 0.469 e. The van der Waals surface area contributed by atoms with Crippen molar-refractivity contribution in [1.29, 1.82) is 0 Å². The van der Waals surface area contributed by atoms with Crippen LogP contribution in [0.15, 0.2) is 48.5 Å². The number of thiazole rings is 1. The van der Waals surface area contributed by atoms with Crippen molar-refractivity contribution in [3.05, 3.63) is 48.5 Å². The van der Waals surface area contributed by atoms with E-state index in [0.29, 0.717) is 5.69 Å². The van der Waals surface area contributed by atoms with Crippen LogP contribution in [0.3, 0.4) is 0 Å². The Labute approximate surface area is 143 Å². The molecule has 1 amide bonds. The van der Waals surface area contributed by atoms with Crippen LogP contribution in [0.4, 0.5) is 5.69 Å². The van der Waals surface area contributed by atoms with Crippen molar-refractivity contribution in [2.24, 2.45) is 0 Å². The van der Waals surface area contributed by atoms with Crippen LogP contribution in [-0.4, -0.2) is 24.0 Å². The Morgan fingerprint density at radius 2 is 1.83 bits per heavy atom. The lowest BCUT2D eigenvalue weighted by Crippen LogP contribution is -2.13. The van der Waals surface area contributed by atoms with E-state index in [1.807, 2.05) is 48.5 Å². The summed E-state index contributed by atoms with van der Waals surface area (Å²) in [6.07, 6.45) is 0.179. The lowest BCUT2D eigenvalue weighted by molar-refractivity contribution is -0.141. The van der Waals surface area contributed by atoms with Gasteiger partial charge in [0.25, 0.3) is 0 Å². The van der Waals surface area contributed by atoms with E-state index in [2.05, 4.69) is 15.0 Å². The standard InChI is InChI=1S/C18H16N2O3S/c1-23-17(22)11-10-16(21)19-13-8-6-12(7-9-13)18-20-14-4-2-3-5-15(14)24-18/h2-9H,10-11H2,1H3,(H,19,21). The molecule has 0 aliphatic heterocycles. The monoisotopic (exact) mass is 340 g/mol. The van der Waals surface area contributed by atoms with E-state index >= 15 is 0 Å². The number of methoxy groups -OCH3 is 1. The maximum absolute atomic E-state index is 11.8. The van der Waals surface area contributed by atoms with Gasteiger partial charge in [-0.15, -0.1) is 11.3 Å². The minimum atomic E-state index is -0.392. The van der Waals surface area contributed by atoms with E-state index in [-0.39, 0.29) is 18.7 Å². The quantitative estimate of drug-likeness (QED) is 0.716. The Bertz CT molecular complexity index is 838. The van der Waals surface area contributed by atoms with Crippen molar-refractivity contribution in [3.63, 3.8) is 0 Å². The van der Waals surface area contributed by atoms with E-state index in [9.17, 15) is 9.59 Å². The number of ether oxygens (including phenoxy) is 1. The number of hydrogen-bond donors (Lipinski definition) is 1. The summed E-state index contributed by atoms with van der Waals surface area (Å²) in [5.41, 5.74) is 2.68. The molecule has 6 heteroatoms. The van der Waals surface area contributed by atoms with Crippen LogP contribution in [0.2, 0.25) is 0 Å². The fraction of sp³-hybridized carbons (Fsp3) is 0.167. The minimum absolute atomic E-state index is 0.0755. The number of amides is 1. The molecule has 1 heterocycles. The Kier molecular flexibility index (Phi) is 4.86. The van der Waals surface area contributed by atoms with Crippen LogP contribution < -0.4 is 5.32 Å². The van der Waals surface area contributed by atoms with Crippen molar-refractivity contribution in [2.75, 3.05) is 12.4 Å². The molecule has 24 heavy (non-hydrogen) atoms. The smallest absolute Gasteiger partial charge is 0.306 e. The number of rotatable bonds is 5. The molecule has 0 fully saturated rings. The number of aromatic nitrogens is 1. The molecule has 0 atom stereocenters. The molecule has 0 radical (unpaired) electrons. The molecule has 3 aromatic rings. The molecule has 1 aromatic heterocycles. The number of anilines is 1. The molecule has 122 valence electrons. The van der Waals surface area contributed by atoms with Crippen molar-refractivity contribution in [2.45, 2.75) is 12.8 Å². The van der Waals surface area contributed by atoms with Gasteiger partial charge in [-0.1, -0.05) is 12.1 Å². The van der Waals surface area contributed by atoms with Crippen molar-refractivity contribution in [3.8, 4) is 10.6 Å². The summed E-state index contributed by atoms with van der Waals surface area (Å²) in [6, 6.07) is 15.5. The van der Waals surface area contributed by atoms with E-state index in [1.165, 1.54) is 7.11 Å². The van der Waals surface area contributed by atoms with Gasteiger partial charge < -0.3 is 10.1 Å². The molecule has 0 unspecified atom stereocenters. The molecule has 0 saturated carbocycles. The van der Waals surface area contributed by atoms with Gasteiger partial charge in [0.2, 0.25) is 5.91 Å². The summed E-state index contributed by atoms with van der Waals surface area (Å²) in [5, 5.41) is 3.71. The fourth-order valence-corrected chi connectivity index (χ4v) is 3.20. The molecule has 5 nitrogen and oxygen atoms in total. The van der Waals surface area contributed by atoms with Gasteiger partial charge in [-0.05, 0) is 36.4 Å². The second-order valence-electron chi connectivity index (χ2n) is 5.19. The van der Waals surface area contributed by atoms with Crippen LogP contribution >= 0.6 is 11.3 Å². The zero-order valence-electron chi connectivity index (χ0n) is 13.1. The molecule has 0 aliphatic carbocycles. The van der Waals surface area contributed by atoms with Crippen molar-refractivity contribution < 1.29 is 14.3 Å². The van der Waals surface area contributed by atoms with Gasteiger partial charge in [0.15, 0.2) is 0 Å². The predicted molar refractivity (Wildman–Crippen MR) is 94.9 cm³/mol. The Hall–Kier alpha value is -2.73. The third-order valence-corrected chi connectivity index (χ3v) is 4.58. The number of nitrogens with zero attached hydrogens (tertiary/aromatic N) is 1. The highest BCUT2D eigenvalue weighted by molar-refractivity contribution is 7.21. The highest BCUT2D eigenvalue weighted by atomic mass is 32.1. The van der Waals surface area contributed by atoms with Gasteiger partial charge in [-0.25, -0.2) is 4.98 Å². The highest BCUT2D eigenvalue weighted by Crippen LogP contribution is 2.30. The zero-order chi connectivity index (χ0) is 16.9. The molecular weight excluding hydrogens is 324 g/mol. The molecular formula is C18H16N2O3S. The zero-order valence-corrected chi connectivity index (χ0v) is 13.9. The number of hydrogen-bond acceptors (Lipinski definition) is 5. The van der Waals surface area contributed by atoms with Gasteiger partial charge in [-0.2, -0.15) is 0 Å². The van der Waals surface area contributed by atoms with Crippen LogP contribution in [0, 0.1) is 0 Å². The first-order valence-electron chi connectivity index (χ1n) is 7.48. The van der Waals surface area contributed by atoms with Gasteiger partial charge in [0.05, 0.1) is 23.7 Å². The number of benzene rings is 2. The lowest BCUT2D eigenvalue weighted by atomic mass is 10.2. The molecule has 0 aliphatic rings. The second kappa shape index (κ2) is 7.23. The van der Waals surface area contributed by atoms with Gasteiger partial charge >= 0.3 is 5.97 Å². The molecule has 0 bridgehead atoms. The number of fused-ring (bicyclic) bond motifs is 1. The fourth-order valence-electron chi connectivity index (χ4n) is 2.23. The number of para-hydroxylation sites is 1. The second-order valence-corrected chi connectivity index (χ2v) is 6.22. The lowest BCUT2D eigenvalue weighted by Gasteiger charge is -2.05. The summed E-state index contributed by atoms with van der Waals surface area (Å²) in [6.45, 7) is 0. The molecule has 1 N–H and O–H groups in total. The average molecular weight is 340 g/mol. The van der Waals surface area contributed by atoms with Crippen LogP contribution in [0.5, 0.6) is 0 Å². The Balaban J connectivity index is 1.67. The number of esters is 1. The average Bonchev–Trinajstić information content (AvgIpc) is 3.04. The van der Waals surface area contributed by atoms with Gasteiger partial charge in [-0.3, -0.25) is 9.59 Å². The van der Waals surface area contributed by atoms with Crippen LogP contribution in [0.25, 0.3) is 20.8 Å². The Morgan fingerprint density at radius 1 is 1.08 bits per heavy atom. The summed E-state index contributed by atoms with van der Waals surface area (Å²) in [4.78, 5) is 27.4. The van der Waals surface area contributed by atoms with E-state index in [4.69, 9.17) is 0 Å². The number of carbonyl (C=O) groups excluding carboxylic acids is 2. The summed E-state index contributed by atoms with van der Waals surface area (Å²) < 4.78 is 5.66. The van der Waals surface area contributed by atoms with E-state index < -0.39 is 5.97 Å². The normalized spacial score (nSPS) is 10.5. The van der Waals surface area contributed by atoms with Gasteiger partial charge in [0, 0.05) is 17.7 Å². The molecule has 0 saturated heterocycles. The molecule has 0 spiro atoms. The van der Waals surface area contributed by atoms with Gasteiger partial charge in [0.1, 0.15) is 5.01 Å². The van der Waals surface area contributed by atoms with Crippen molar-refractivity contribution >= 4 is 39.1 Å². The maximum atomic E-state index is 11.8. The molecule has 2 aromatic carbocycles. The predicted octanol–water partition coefficient (Wildman–Crippen LogP) is 3.86. The Morgan fingerprint density at radius 3 is 2.54 bits per heavy atom. The summed E-state index contributed by atoms with van der Waals surface area (Å²) >= 11 is 1.63. The first-order chi connectivity index (χ1) is 11.7. The minimum Gasteiger partial charge on any atom is -0.469 e. The van der Waals surface area contributed by atoms with Crippen LogP contribution in [-0.2, 0) is 14.3 Å².